The monoisotopic (exact) mass is 261 g/mol. The average Bonchev–Trinajstić information content (AvgIpc) is 2.39. The molecule has 1 saturated carbocycles. The van der Waals surface area contributed by atoms with Gasteiger partial charge in [-0.15, -0.1) is 0 Å². The molecule has 1 aromatic carbocycles. The van der Waals surface area contributed by atoms with Crippen LogP contribution in [0.1, 0.15) is 50.2 Å². The molecule has 0 heterocycles. The highest BCUT2D eigenvalue weighted by atomic mass is 16.5. The van der Waals surface area contributed by atoms with Gasteiger partial charge in [0.05, 0.1) is 7.11 Å². The van der Waals surface area contributed by atoms with Gasteiger partial charge in [0, 0.05) is 12.0 Å². The van der Waals surface area contributed by atoms with Gasteiger partial charge in [-0.25, -0.2) is 0 Å². The number of rotatable bonds is 3. The predicted molar refractivity (Wildman–Crippen MR) is 80.6 cm³/mol. The van der Waals surface area contributed by atoms with Gasteiger partial charge in [-0.3, -0.25) is 0 Å². The van der Waals surface area contributed by atoms with Gasteiger partial charge >= 0.3 is 0 Å². The number of methoxy groups -OCH3 is 1. The predicted octanol–water partition coefficient (Wildman–Crippen LogP) is 3.87. The zero-order valence-electron chi connectivity index (χ0n) is 12.6. The number of ether oxygens (including phenoxy) is 1. The van der Waals surface area contributed by atoms with Gasteiger partial charge in [-0.2, -0.15) is 0 Å². The van der Waals surface area contributed by atoms with Crippen molar-refractivity contribution in [3.05, 3.63) is 29.3 Å². The average molecular weight is 261 g/mol. The highest BCUT2D eigenvalue weighted by molar-refractivity contribution is 5.40. The molecule has 0 spiro atoms. The highest BCUT2D eigenvalue weighted by Crippen LogP contribution is 2.41. The van der Waals surface area contributed by atoms with Crippen LogP contribution in [-0.4, -0.2) is 13.2 Å². The second-order valence-electron chi connectivity index (χ2n) is 6.33. The summed E-state index contributed by atoms with van der Waals surface area (Å²) in [5.74, 6) is 2.97. The molecule has 0 saturated heterocycles. The van der Waals surface area contributed by atoms with Crippen molar-refractivity contribution in [1.29, 1.82) is 0 Å². The summed E-state index contributed by atoms with van der Waals surface area (Å²) >= 11 is 0. The Bertz CT molecular complexity index is 427. The number of benzene rings is 1. The van der Waals surface area contributed by atoms with E-state index in [1.165, 1.54) is 24.0 Å². The van der Waals surface area contributed by atoms with E-state index in [0.717, 1.165) is 24.0 Å². The minimum absolute atomic E-state index is 0.269. The summed E-state index contributed by atoms with van der Waals surface area (Å²) in [5, 5.41) is 0. The lowest BCUT2D eigenvalue weighted by atomic mass is 9.71. The Morgan fingerprint density at radius 2 is 2.00 bits per heavy atom. The fourth-order valence-corrected chi connectivity index (χ4v) is 3.33. The van der Waals surface area contributed by atoms with Crippen LogP contribution >= 0.6 is 0 Å². The quantitative estimate of drug-likeness (QED) is 0.896. The lowest BCUT2D eigenvalue weighted by Gasteiger charge is -2.37. The molecule has 19 heavy (non-hydrogen) atoms. The van der Waals surface area contributed by atoms with Crippen LogP contribution in [0.5, 0.6) is 5.75 Å². The molecule has 3 unspecified atom stereocenters. The van der Waals surface area contributed by atoms with Crippen LogP contribution < -0.4 is 10.5 Å². The van der Waals surface area contributed by atoms with Crippen molar-refractivity contribution >= 4 is 0 Å². The van der Waals surface area contributed by atoms with E-state index in [1.54, 1.807) is 7.11 Å². The van der Waals surface area contributed by atoms with Crippen LogP contribution in [0.25, 0.3) is 0 Å². The largest absolute Gasteiger partial charge is 0.496 e. The van der Waals surface area contributed by atoms with Gasteiger partial charge in [0.15, 0.2) is 0 Å². The summed E-state index contributed by atoms with van der Waals surface area (Å²) in [7, 11) is 1.75. The Kier molecular flexibility index (Phi) is 4.51. The maximum absolute atomic E-state index is 6.39. The molecule has 0 aromatic heterocycles. The second-order valence-corrected chi connectivity index (χ2v) is 6.33. The minimum atomic E-state index is 0.269. The SMILES string of the molecule is COc1ccc(C)cc1C1CC(C(C)C)CCC1N. The molecule has 1 fully saturated rings. The van der Waals surface area contributed by atoms with Crippen molar-refractivity contribution < 1.29 is 4.74 Å². The molecule has 2 rings (SSSR count). The molecule has 0 amide bonds. The molecule has 106 valence electrons. The third kappa shape index (κ3) is 3.11. The second kappa shape index (κ2) is 5.96. The number of aryl methyl sites for hydroxylation is 1. The molecule has 2 nitrogen and oxygen atoms in total. The van der Waals surface area contributed by atoms with Gasteiger partial charge in [0.1, 0.15) is 5.75 Å². The van der Waals surface area contributed by atoms with Gasteiger partial charge in [-0.05, 0) is 49.7 Å². The van der Waals surface area contributed by atoms with Gasteiger partial charge in [0.25, 0.3) is 0 Å². The zero-order chi connectivity index (χ0) is 14.0. The van der Waals surface area contributed by atoms with Crippen LogP contribution in [0, 0.1) is 18.8 Å². The summed E-state index contributed by atoms with van der Waals surface area (Å²) in [6.07, 6.45) is 3.59. The third-order valence-electron chi connectivity index (χ3n) is 4.67. The third-order valence-corrected chi connectivity index (χ3v) is 4.67. The number of hydrogen-bond acceptors (Lipinski definition) is 2. The Hall–Kier alpha value is -1.02. The van der Waals surface area contributed by atoms with Gasteiger partial charge in [-0.1, -0.05) is 31.5 Å². The molecular weight excluding hydrogens is 234 g/mol. The lowest BCUT2D eigenvalue weighted by molar-refractivity contribution is 0.229. The standard InChI is InChI=1S/C17H27NO/c1-11(2)13-6-7-16(18)14(10-13)15-9-12(3)5-8-17(15)19-4/h5,8-9,11,13-14,16H,6-7,10,18H2,1-4H3. The van der Waals surface area contributed by atoms with E-state index in [9.17, 15) is 0 Å². The van der Waals surface area contributed by atoms with E-state index < -0.39 is 0 Å². The Balaban J connectivity index is 2.30. The van der Waals surface area contributed by atoms with E-state index in [4.69, 9.17) is 10.5 Å². The Morgan fingerprint density at radius 1 is 1.26 bits per heavy atom. The molecule has 0 radical (unpaired) electrons. The van der Waals surface area contributed by atoms with E-state index in [1.807, 2.05) is 0 Å². The van der Waals surface area contributed by atoms with Crippen LogP contribution in [-0.2, 0) is 0 Å². The number of nitrogens with two attached hydrogens (primary N) is 1. The van der Waals surface area contributed by atoms with Crippen LogP contribution in [0.2, 0.25) is 0 Å². The first-order chi connectivity index (χ1) is 9.02. The lowest BCUT2D eigenvalue weighted by Crippen LogP contribution is -2.36. The fraction of sp³-hybridized carbons (Fsp3) is 0.647. The van der Waals surface area contributed by atoms with Crippen LogP contribution in [0.3, 0.4) is 0 Å². The van der Waals surface area contributed by atoms with E-state index in [0.29, 0.717) is 5.92 Å². The first-order valence-corrected chi connectivity index (χ1v) is 7.43. The van der Waals surface area contributed by atoms with Gasteiger partial charge < -0.3 is 10.5 Å². The Morgan fingerprint density at radius 3 is 2.63 bits per heavy atom. The van der Waals surface area contributed by atoms with Crippen LogP contribution in [0.4, 0.5) is 0 Å². The first-order valence-electron chi connectivity index (χ1n) is 7.43. The smallest absolute Gasteiger partial charge is 0.122 e. The summed E-state index contributed by atoms with van der Waals surface area (Å²) in [6.45, 7) is 6.79. The molecule has 3 atom stereocenters. The van der Waals surface area contributed by atoms with E-state index >= 15 is 0 Å². The molecule has 1 aliphatic carbocycles. The Labute approximate surface area is 117 Å². The maximum atomic E-state index is 6.39. The molecule has 0 bridgehead atoms. The van der Waals surface area contributed by atoms with Gasteiger partial charge in [0.2, 0.25) is 0 Å². The van der Waals surface area contributed by atoms with Crippen molar-refractivity contribution in [3.63, 3.8) is 0 Å². The van der Waals surface area contributed by atoms with E-state index in [-0.39, 0.29) is 6.04 Å². The first kappa shape index (κ1) is 14.4. The number of hydrogen-bond donors (Lipinski definition) is 1. The molecular formula is C17H27NO. The minimum Gasteiger partial charge on any atom is -0.496 e. The van der Waals surface area contributed by atoms with Crippen molar-refractivity contribution in [2.45, 2.75) is 52.0 Å². The summed E-state index contributed by atoms with van der Waals surface area (Å²) in [6, 6.07) is 6.71. The van der Waals surface area contributed by atoms with Crippen molar-refractivity contribution in [1.82, 2.24) is 0 Å². The molecule has 2 heteroatoms. The van der Waals surface area contributed by atoms with Crippen LogP contribution in [0.15, 0.2) is 18.2 Å². The topological polar surface area (TPSA) is 35.2 Å². The van der Waals surface area contributed by atoms with E-state index in [2.05, 4.69) is 39.0 Å². The van der Waals surface area contributed by atoms with Crippen molar-refractivity contribution in [3.8, 4) is 5.75 Å². The maximum Gasteiger partial charge on any atom is 0.122 e. The van der Waals surface area contributed by atoms with Crippen molar-refractivity contribution in [2.75, 3.05) is 7.11 Å². The molecule has 2 N–H and O–H groups in total. The fourth-order valence-electron chi connectivity index (χ4n) is 3.33. The summed E-state index contributed by atoms with van der Waals surface area (Å²) in [4.78, 5) is 0. The highest BCUT2D eigenvalue weighted by Gasteiger charge is 2.32. The molecule has 1 aliphatic rings. The van der Waals surface area contributed by atoms with Crippen molar-refractivity contribution in [2.24, 2.45) is 17.6 Å². The summed E-state index contributed by atoms with van der Waals surface area (Å²) in [5.41, 5.74) is 8.98. The zero-order valence-corrected chi connectivity index (χ0v) is 12.6. The molecule has 0 aliphatic heterocycles. The summed E-state index contributed by atoms with van der Waals surface area (Å²) < 4.78 is 5.54. The normalized spacial score (nSPS) is 27.6. The molecule has 1 aromatic rings.